The zero-order valence-electron chi connectivity index (χ0n) is 18.2. The van der Waals surface area contributed by atoms with E-state index in [9.17, 15) is 14.7 Å². The van der Waals surface area contributed by atoms with Crippen molar-refractivity contribution in [2.24, 2.45) is 4.99 Å². The van der Waals surface area contributed by atoms with E-state index in [1.165, 1.54) is 6.42 Å². The molecule has 1 aromatic heterocycles. The van der Waals surface area contributed by atoms with Crippen LogP contribution in [0.25, 0.3) is 11.6 Å². The number of aromatic amines is 1. The minimum absolute atomic E-state index is 0.0111. The van der Waals surface area contributed by atoms with Crippen LogP contribution in [-0.4, -0.2) is 27.1 Å². The third-order valence-electron chi connectivity index (χ3n) is 6.17. The number of amides is 1. The van der Waals surface area contributed by atoms with Crippen LogP contribution in [0.15, 0.2) is 39.7 Å². The summed E-state index contributed by atoms with van der Waals surface area (Å²) in [5.41, 5.74) is 1.27. The largest absolute Gasteiger partial charge is 0.494 e. The summed E-state index contributed by atoms with van der Waals surface area (Å²) in [5, 5.41) is 15.7. The molecule has 1 fully saturated rings. The molecule has 1 aliphatic heterocycles. The molecule has 0 saturated heterocycles. The van der Waals surface area contributed by atoms with Gasteiger partial charge in [-0.05, 0) is 49.2 Å². The Morgan fingerprint density at radius 2 is 2.06 bits per heavy atom. The van der Waals surface area contributed by atoms with Gasteiger partial charge in [0.1, 0.15) is 5.56 Å². The Hall–Kier alpha value is -3.00. The van der Waals surface area contributed by atoms with E-state index in [-0.39, 0.29) is 28.2 Å². The predicted molar refractivity (Wildman–Crippen MR) is 126 cm³/mol. The molecule has 0 spiro atoms. The Kier molecular flexibility index (Phi) is 6.69. The maximum Gasteiger partial charge on any atom is 0.262 e. The van der Waals surface area contributed by atoms with Gasteiger partial charge in [0.25, 0.3) is 5.56 Å². The summed E-state index contributed by atoms with van der Waals surface area (Å²) in [7, 11) is 0. The highest BCUT2D eigenvalue weighted by Gasteiger charge is 2.22. The van der Waals surface area contributed by atoms with Gasteiger partial charge in [-0.1, -0.05) is 44.4 Å². The van der Waals surface area contributed by atoms with Gasteiger partial charge in [-0.2, -0.15) is 0 Å². The zero-order chi connectivity index (χ0) is 22.7. The van der Waals surface area contributed by atoms with E-state index in [1.54, 1.807) is 10.6 Å². The lowest BCUT2D eigenvalue weighted by Gasteiger charge is -2.25. The molecule has 0 atom stereocenters. The Morgan fingerprint density at radius 1 is 1.31 bits per heavy atom. The van der Waals surface area contributed by atoms with E-state index in [0.29, 0.717) is 25.1 Å². The first kappa shape index (κ1) is 22.2. The number of allylic oxidation sites excluding steroid dienone is 1. The quantitative estimate of drug-likeness (QED) is 0.587. The summed E-state index contributed by atoms with van der Waals surface area (Å²) in [5.74, 6) is -0.120. The molecule has 2 aliphatic rings. The summed E-state index contributed by atoms with van der Waals surface area (Å²) in [6.45, 7) is 2.28. The lowest BCUT2D eigenvalue weighted by molar-refractivity contribution is -0.120. The molecule has 0 unspecified atom stereocenters. The highest BCUT2D eigenvalue weighted by atomic mass is 32.1. The number of benzene rings is 1. The Bertz CT molecular complexity index is 1300. The van der Waals surface area contributed by atoms with Crippen LogP contribution in [0.4, 0.5) is 0 Å². The first-order valence-electron chi connectivity index (χ1n) is 11.2. The fraction of sp³-hybridized carbons (Fsp3) is 0.417. The van der Waals surface area contributed by atoms with Crippen molar-refractivity contribution in [3.05, 3.63) is 61.2 Å². The predicted octanol–water partition coefficient (Wildman–Crippen LogP) is 2.86. The fourth-order valence-corrected chi connectivity index (χ4v) is 4.82. The van der Waals surface area contributed by atoms with Gasteiger partial charge in [0.2, 0.25) is 11.8 Å². The molecule has 2 aromatic rings. The number of hydrogen-bond donors (Lipinski definition) is 3. The number of hydrogen-bond acceptors (Lipinski definition) is 5. The van der Waals surface area contributed by atoms with Gasteiger partial charge in [-0.15, -0.1) is 0 Å². The topological polar surface area (TPSA) is 99.5 Å². The number of nitrogens with one attached hydrogen (secondary N) is 2. The van der Waals surface area contributed by atoms with Crippen LogP contribution in [-0.2, 0) is 4.79 Å². The number of fused-ring (bicyclic) bond motifs is 1. The molecule has 0 radical (unpaired) electrons. The maximum atomic E-state index is 12.8. The SMILES string of the molecule is CCC(=O)NCCC1=c2ccccc2=NC1=Cc1c(O)n(C2CCCCC2)c(=S)[nH]c1=O. The maximum absolute atomic E-state index is 12.8. The average molecular weight is 453 g/mol. The molecule has 4 rings (SSSR count). The molecule has 1 aromatic carbocycles. The molecule has 8 heteroatoms. The van der Waals surface area contributed by atoms with Crippen LogP contribution >= 0.6 is 12.2 Å². The monoisotopic (exact) mass is 452 g/mol. The molecular weight excluding hydrogens is 424 g/mol. The minimum atomic E-state index is -0.433. The van der Waals surface area contributed by atoms with Crippen molar-refractivity contribution in [3.63, 3.8) is 0 Å². The van der Waals surface area contributed by atoms with Gasteiger partial charge in [0.15, 0.2) is 4.77 Å². The van der Waals surface area contributed by atoms with Crippen molar-refractivity contribution in [1.29, 1.82) is 0 Å². The van der Waals surface area contributed by atoms with E-state index in [1.807, 2.05) is 31.2 Å². The number of para-hydroxylation sites is 1. The summed E-state index contributed by atoms with van der Waals surface area (Å²) < 4.78 is 1.94. The normalized spacial score (nSPS) is 17.3. The van der Waals surface area contributed by atoms with Gasteiger partial charge >= 0.3 is 0 Å². The standard InChI is InChI=1S/C24H28N4O3S/c1-2-21(29)25-13-12-17-16-10-6-7-11-19(16)26-20(17)14-18-22(30)27-24(32)28(23(18)31)15-8-4-3-5-9-15/h6-7,10-11,14-15,31H,2-5,8-9,12-13H2,1H3,(H,25,29)(H,27,30,32). The molecule has 2 heterocycles. The summed E-state index contributed by atoms with van der Waals surface area (Å²) in [6, 6.07) is 7.83. The van der Waals surface area contributed by atoms with Crippen LogP contribution in [0.3, 0.4) is 0 Å². The molecule has 32 heavy (non-hydrogen) atoms. The van der Waals surface area contributed by atoms with E-state index in [4.69, 9.17) is 17.2 Å². The van der Waals surface area contributed by atoms with Gasteiger partial charge in [0, 0.05) is 24.2 Å². The van der Waals surface area contributed by atoms with E-state index in [2.05, 4.69) is 10.3 Å². The zero-order valence-corrected chi connectivity index (χ0v) is 19.0. The molecule has 1 amide bonds. The molecule has 0 bridgehead atoms. The number of rotatable bonds is 6. The number of H-pyrrole nitrogens is 1. The van der Waals surface area contributed by atoms with Gasteiger partial charge in [0.05, 0.1) is 11.1 Å². The fourth-order valence-electron chi connectivity index (χ4n) is 4.49. The highest BCUT2D eigenvalue weighted by Crippen LogP contribution is 2.33. The lowest BCUT2D eigenvalue weighted by Crippen LogP contribution is -2.26. The van der Waals surface area contributed by atoms with Crippen molar-refractivity contribution in [2.45, 2.75) is 57.9 Å². The Morgan fingerprint density at radius 3 is 2.81 bits per heavy atom. The average Bonchev–Trinajstić information content (AvgIpc) is 3.14. The van der Waals surface area contributed by atoms with Crippen molar-refractivity contribution in [1.82, 2.24) is 14.9 Å². The lowest BCUT2D eigenvalue weighted by atomic mass is 9.95. The van der Waals surface area contributed by atoms with Crippen LogP contribution in [0.1, 0.15) is 63.5 Å². The van der Waals surface area contributed by atoms with Crippen molar-refractivity contribution in [2.75, 3.05) is 6.54 Å². The van der Waals surface area contributed by atoms with Crippen molar-refractivity contribution >= 4 is 29.8 Å². The van der Waals surface area contributed by atoms with Crippen molar-refractivity contribution < 1.29 is 9.90 Å². The highest BCUT2D eigenvalue weighted by molar-refractivity contribution is 7.71. The second-order valence-electron chi connectivity index (χ2n) is 8.25. The molecule has 7 nitrogen and oxygen atoms in total. The molecule has 168 valence electrons. The smallest absolute Gasteiger partial charge is 0.262 e. The van der Waals surface area contributed by atoms with Crippen molar-refractivity contribution in [3.8, 4) is 5.88 Å². The third-order valence-corrected chi connectivity index (χ3v) is 6.47. The first-order chi connectivity index (χ1) is 15.5. The van der Waals surface area contributed by atoms with Crippen LogP contribution in [0.2, 0.25) is 0 Å². The van der Waals surface area contributed by atoms with E-state index < -0.39 is 5.56 Å². The first-order valence-corrected chi connectivity index (χ1v) is 11.6. The molecule has 1 aliphatic carbocycles. The van der Waals surface area contributed by atoms with Gasteiger partial charge in [-0.3, -0.25) is 19.1 Å². The summed E-state index contributed by atoms with van der Waals surface area (Å²) in [6.07, 6.45) is 7.81. The molecular formula is C24H28N4O3S. The minimum Gasteiger partial charge on any atom is -0.494 e. The second-order valence-corrected chi connectivity index (χ2v) is 8.64. The Labute approximate surface area is 191 Å². The summed E-state index contributed by atoms with van der Waals surface area (Å²) >= 11 is 5.38. The second kappa shape index (κ2) is 9.65. The molecule has 1 saturated carbocycles. The van der Waals surface area contributed by atoms with Gasteiger partial charge in [-0.25, -0.2) is 4.99 Å². The summed E-state index contributed by atoms with van der Waals surface area (Å²) in [4.78, 5) is 31.9. The Balaban J connectivity index is 1.77. The van der Waals surface area contributed by atoms with Crippen LogP contribution in [0, 0.1) is 4.77 Å². The van der Waals surface area contributed by atoms with Crippen LogP contribution in [0.5, 0.6) is 5.88 Å². The third kappa shape index (κ3) is 4.46. The van der Waals surface area contributed by atoms with Crippen LogP contribution < -0.4 is 21.5 Å². The van der Waals surface area contributed by atoms with E-state index in [0.717, 1.165) is 41.8 Å². The number of carbonyl (C=O) groups excluding carboxylic acids is 1. The number of carbonyl (C=O) groups is 1. The number of aromatic nitrogens is 2. The number of nitrogens with zero attached hydrogens (tertiary/aromatic N) is 2. The van der Waals surface area contributed by atoms with E-state index >= 15 is 0 Å². The number of aromatic hydroxyl groups is 1. The molecule has 3 N–H and O–H groups in total. The van der Waals surface area contributed by atoms with Gasteiger partial charge < -0.3 is 10.4 Å².